The van der Waals surface area contributed by atoms with Crippen LogP contribution in [0.4, 0.5) is 16.3 Å². The number of hydrogen-bond acceptors (Lipinski definition) is 5. The SMILES string of the molecule is Cc1ccc(C(=O)NC2CC2)cc1-n1ccnc(Nc2ccccc2CC2CCN(C(=O)O)CC2)c1=O. The molecule has 0 atom stereocenters. The molecule has 2 aromatic carbocycles. The summed E-state index contributed by atoms with van der Waals surface area (Å²) in [6.45, 7) is 2.98. The first-order chi connectivity index (χ1) is 17.9. The van der Waals surface area contributed by atoms with Crippen LogP contribution in [0.1, 0.15) is 47.2 Å². The summed E-state index contributed by atoms with van der Waals surface area (Å²) in [5.41, 5.74) is 3.58. The van der Waals surface area contributed by atoms with Crippen molar-refractivity contribution < 1.29 is 14.7 Å². The van der Waals surface area contributed by atoms with Gasteiger partial charge in [-0.2, -0.15) is 0 Å². The molecule has 1 saturated heterocycles. The lowest BCUT2D eigenvalue weighted by molar-refractivity contribution is 0.0950. The minimum Gasteiger partial charge on any atom is -0.465 e. The molecule has 1 aliphatic carbocycles. The Kier molecular flexibility index (Phi) is 6.94. The number of carbonyl (C=O) groups excluding carboxylic acids is 1. The van der Waals surface area contributed by atoms with Gasteiger partial charge in [-0.1, -0.05) is 24.3 Å². The van der Waals surface area contributed by atoms with E-state index in [2.05, 4.69) is 15.6 Å². The average Bonchev–Trinajstić information content (AvgIpc) is 3.71. The van der Waals surface area contributed by atoms with Crippen LogP contribution in [-0.4, -0.2) is 50.7 Å². The number of carbonyl (C=O) groups is 2. The maximum absolute atomic E-state index is 13.5. The molecule has 9 nitrogen and oxygen atoms in total. The van der Waals surface area contributed by atoms with E-state index in [0.29, 0.717) is 30.3 Å². The highest BCUT2D eigenvalue weighted by Crippen LogP contribution is 2.27. The molecule has 0 radical (unpaired) electrons. The monoisotopic (exact) mass is 501 g/mol. The molecule has 2 fully saturated rings. The molecule has 192 valence electrons. The quantitative estimate of drug-likeness (QED) is 0.449. The highest BCUT2D eigenvalue weighted by molar-refractivity contribution is 5.95. The average molecular weight is 502 g/mol. The number of carboxylic acid groups (broad SMARTS) is 1. The molecular weight excluding hydrogens is 470 g/mol. The zero-order valence-corrected chi connectivity index (χ0v) is 20.8. The van der Waals surface area contributed by atoms with Gasteiger partial charge in [0.25, 0.3) is 11.5 Å². The lowest BCUT2D eigenvalue weighted by Gasteiger charge is -2.30. The second-order valence-electron chi connectivity index (χ2n) is 9.90. The van der Waals surface area contributed by atoms with Gasteiger partial charge in [0.2, 0.25) is 0 Å². The van der Waals surface area contributed by atoms with Gasteiger partial charge in [0.05, 0.1) is 5.69 Å². The first-order valence-corrected chi connectivity index (χ1v) is 12.7. The number of nitrogens with one attached hydrogen (secondary N) is 2. The van der Waals surface area contributed by atoms with E-state index in [9.17, 15) is 19.5 Å². The van der Waals surface area contributed by atoms with Crippen molar-refractivity contribution in [1.29, 1.82) is 0 Å². The van der Waals surface area contributed by atoms with Gasteiger partial charge < -0.3 is 20.6 Å². The topological polar surface area (TPSA) is 117 Å². The van der Waals surface area contributed by atoms with Crippen molar-refractivity contribution in [2.75, 3.05) is 18.4 Å². The molecule has 1 aromatic heterocycles. The van der Waals surface area contributed by atoms with Gasteiger partial charge in [-0.05, 0) is 74.3 Å². The Morgan fingerprint density at radius 1 is 1.08 bits per heavy atom. The molecule has 2 aliphatic rings. The van der Waals surface area contributed by atoms with Crippen LogP contribution in [0, 0.1) is 12.8 Å². The van der Waals surface area contributed by atoms with Crippen molar-refractivity contribution in [1.82, 2.24) is 19.8 Å². The van der Waals surface area contributed by atoms with Crippen molar-refractivity contribution in [3.63, 3.8) is 0 Å². The van der Waals surface area contributed by atoms with Gasteiger partial charge >= 0.3 is 6.09 Å². The maximum atomic E-state index is 13.5. The minimum atomic E-state index is -0.865. The van der Waals surface area contributed by atoms with E-state index in [0.717, 1.165) is 48.9 Å². The van der Waals surface area contributed by atoms with Crippen LogP contribution >= 0.6 is 0 Å². The van der Waals surface area contributed by atoms with Crippen LogP contribution in [0.2, 0.25) is 0 Å². The highest BCUT2D eigenvalue weighted by Gasteiger charge is 2.25. The first-order valence-electron chi connectivity index (χ1n) is 12.7. The highest BCUT2D eigenvalue weighted by atomic mass is 16.4. The van der Waals surface area contributed by atoms with Gasteiger partial charge in [0, 0.05) is 42.8 Å². The fourth-order valence-electron chi connectivity index (χ4n) is 4.78. The number of nitrogens with zero attached hydrogens (tertiary/aromatic N) is 3. The van der Waals surface area contributed by atoms with E-state index in [1.807, 2.05) is 37.3 Å². The fraction of sp³-hybridized carbons (Fsp3) is 0.357. The third-order valence-electron chi connectivity index (χ3n) is 7.15. The predicted molar refractivity (Wildman–Crippen MR) is 141 cm³/mol. The summed E-state index contributed by atoms with van der Waals surface area (Å²) in [7, 11) is 0. The summed E-state index contributed by atoms with van der Waals surface area (Å²) in [5, 5.41) is 15.4. The smallest absolute Gasteiger partial charge is 0.407 e. The third kappa shape index (κ3) is 5.66. The minimum absolute atomic E-state index is 0.132. The van der Waals surface area contributed by atoms with Gasteiger partial charge in [0.15, 0.2) is 5.82 Å². The van der Waals surface area contributed by atoms with Crippen molar-refractivity contribution >= 4 is 23.5 Å². The van der Waals surface area contributed by atoms with Crippen LogP contribution in [0.5, 0.6) is 0 Å². The Morgan fingerprint density at radius 3 is 2.57 bits per heavy atom. The summed E-state index contributed by atoms with van der Waals surface area (Å²) in [6.07, 6.45) is 6.73. The predicted octanol–water partition coefficient (Wildman–Crippen LogP) is 4.11. The molecule has 2 heterocycles. The zero-order chi connectivity index (χ0) is 25.9. The second-order valence-corrected chi connectivity index (χ2v) is 9.90. The summed E-state index contributed by atoms with van der Waals surface area (Å²) in [6, 6.07) is 13.4. The van der Waals surface area contributed by atoms with Gasteiger partial charge in [0.1, 0.15) is 0 Å². The van der Waals surface area contributed by atoms with Crippen molar-refractivity contribution in [3.8, 4) is 5.69 Å². The second kappa shape index (κ2) is 10.5. The van der Waals surface area contributed by atoms with E-state index in [1.165, 1.54) is 9.47 Å². The van der Waals surface area contributed by atoms with E-state index in [-0.39, 0.29) is 23.3 Å². The van der Waals surface area contributed by atoms with Crippen LogP contribution < -0.4 is 16.2 Å². The van der Waals surface area contributed by atoms with Crippen molar-refractivity contribution in [3.05, 3.63) is 81.9 Å². The Balaban J connectivity index is 1.37. The van der Waals surface area contributed by atoms with E-state index >= 15 is 0 Å². The molecule has 3 N–H and O–H groups in total. The third-order valence-corrected chi connectivity index (χ3v) is 7.15. The summed E-state index contributed by atoms with van der Waals surface area (Å²) >= 11 is 0. The van der Waals surface area contributed by atoms with Crippen LogP contribution in [0.3, 0.4) is 0 Å². The molecule has 2 amide bonds. The van der Waals surface area contributed by atoms with Crippen molar-refractivity contribution in [2.24, 2.45) is 5.92 Å². The molecule has 1 aliphatic heterocycles. The van der Waals surface area contributed by atoms with Crippen LogP contribution in [-0.2, 0) is 6.42 Å². The number of rotatable bonds is 7. The Bertz CT molecular complexity index is 1370. The number of para-hydroxylation sites is 1. The lowest BCUT2D eigenvalue weighted by atomic mass is 9.89. The molecule has 0 spiro atoms. The molecular formula is C28H31N5O4. The number of amides is 2. The number of anilines is 2. The summed E-state index contributed by atoms with van der Waals surface area (Å²) in [4.78, 5) is 43.0. The molecule has 37 heavy (non-hydrogen) atoms. The van der Waals surface area contributed by atoms with Gasteiger partial charge in [-0.25, -0.2) is 9.78 Å². The number of likely N-dealkylation sites (tertiary alicyclic amines) is 1. The number of aromatic nitrogens is 2. The Hall–Kier alpha value is -4.14. The maximum Gasteiger partial charge on any atom is 0.407 e. The van der Waals surface area contributed by atoms with E-state index in [1.54, 1.807) is 24.5 Å². The molecule has 9 heteroatoms. The Labute approximate surface area is 215 Å². The largest absolute Gasteiger partial charge is 0.465 e. The fourth-order valence-corrected chi connectivity index (χ4v) is 4.78. The van der Waals surface area contributed by atoms with E-state index in [4.69, 9.17) is 0 Å². The molecule has 3 aromatic rings. The number of hydrogen-bond donors (Lipinski definition) is 3. The zero-order valence-electron chi connectivity index (χ0n) is 20.8. The molecule has 0 bridgehead atoms. The normalized spacial score (nSPS) is 15.9. The van der Waals surface area contributed by atoms with Gasteiger partial charge in [-0.3, -0.25) is 14.2 Å². The van der Waals surface area contributed by atoms with Crippen LogP contribution in [0.15, 0.2) is 59.7 Å². The summed E-state index contributed by atoms with van der Waals surface area (Å²) < 4.78 is 1.52. The molecule has 1 saturated carbocycles. The first kappa shape index (κ1) is 24.5. The van der Waals surface area contributed by atoms with Crippen LogP contribution in [0.25, 0.3) is 5.69 Å². The number of benzene rings is 2. The Morgan fingerprint density at radius 2 is 1.84 bits per heavy atom. The molecule has 5 rings (SSSR count). The lowest BCUT2D eigenvalue weighted by Crippen LogP contribution is -2.37. The standard InChI is InChI=1S/C28H31N5O4/c1-18-6-7-21(26(34)30-22-8-9-22)17-24(18)33-15-12-29-25(27(33)35)31-23-5-3-2-4-20(23)16-19-10-13-32(14-11-19)28(36)37/h2-7,12,15,17,19,22H,8-11,13-14,16H2,1H3,(H,29,31)(H,30,34)(H,36,37). The van der Waals surface area contributed by atoms with E-state index < -0.39 is 6.09 Å². The number of aryl methyl sites for hydroxylation is 1. The molecule has 0 unspecified atom stereocenters. The summed E-state index contributed by atoms with van der Waals surface area (Å²) in [5.74, 6) is 0.432. The van der Waals surface area contributed by atoms with Crippen molar-refractivity contribution in [2.45, 2.75) is 45.1 Å². The van der Waals surface area contributed by atoms with Gasteiger partial charge in [-0.15, -0.1) is 0 Å². The number of piperidine rings is 1.